The van der Waals surface area contributed by atoms with Crippen molar-refractivity contribution in [3.8, 4) is 17.0 Å². The van der Waals surface area contributed by atoms with E-state index in [0.29, 0.717) is 12.8 Å². The van der Waals surface area contributed by atoms with Crippen molar-refractivity contribution in [3.05, 3.63) is 70.6 Å². The number of imidazole rings is 1. The van der Waals surface area contributed by atoms with Gasteiger partial charge in [0.15, 0.2) is 0 Å². The van der Waals surface area contributed by atoms with E-state index in [0.717, 1.165) is 39.3 Å². The second kappa shape index (κ2) is 9.55. The molecule has 6 heteroatoms. The Kier molecular flexibility index (Phi) is 6.87. The molecule has 28 heavy (non-hydrogen) atoms. The van der Waals surface area contributed by atoms with Gasteiger partial charge in [0, 0.05) is 6.42 Å². The third-order valence-corrected chi connectivity index (χ3v) is 5.23. The van der Waals surface area contributed by atoms with Gasteiger partial charge in [-0.05, 0) is 52.0 Å². The van der Waals surface area contributed by atoms with Gasteiger partial charge in [-0.3, -0.25) is 4.79 Å². The van der Waals surface area contributed by atoms with Crippen LogP contribution in [0, 0.1) is 0 Å². The van der Waals surface area contributed by atoms with Gasteiger partial charge in [-0.25, -0.2) is 4.98 Å². The standard InChI is InChI=1S/C22H24BrN3O2/c1-3-18(22-24-14-19(26-22)16-7-5-4-6-8-16)25-21(27)12-10-15-9-11-20(28-2)17(23)13-15/h4-9,11,13-14,18H,3,10,12H2,1-2H3,(H,24,26)(H,25,27). The number of H-pyrrole nitrogens is 1. The molecule has 0 aliphatic heterocycles. The van der Waals surface area contributed by atoms with Crippen LogP contribution in [0.25, 0.3) is 11.3 Å². The number of halogens is 1. The van der Waals surface area contributed by atoms with Crippen molar-refractivity contribution in [2.45, 2.75) is 32.2 Å². The number of carbonyl (C=O) groups excluding carboxylic acids is 1. The summed E-state index contributed by atoms with van der Waals surface area (Å²) in [5.41, 5.74) is 3.11. The highest BCUT2D eigenvalue weighted by atomic mass is 79.9. The number of aromatic nitrogens is 2. The fourth-order valence-electron chi connectivity index (χ4n) is 3.03. The number of rotatable bonds is 8. The van der Waals surface area contributed by atoms with Gasteiger partial charge in [0.05, 0.1) is 29.5 Å². The summed E-state index contributed by atoms with van der Waals surface area (Å²) in [4.78, 5) is 20.3. The van der Waals surface area contributed by atoms with Crippen LogP contribution in [-0.4, -0.2) is 23.0 Å². The lowest BCUT2D eigenvalue weighted by molar-refractivity contribution is -0.121. The fraction of sp³-hybridized carbons (Fsp3) is 0.273. The molecule has 1 aromatic heterocycles. The summed E-state index contributed by atoms with van der Waals surface area (Å²) in [6, 6.07) is 15.8. The van der Waals surface area contributed by atoms with Crippen molar-refractivity contribution >= 4 is 21.8 Å². The van der Waals surface area contributed by atoms with Crippen LogP contribution in [0.2, 0.25) is 0 Å². The van der Waals surface area contributed by atoms with E-state index in [4.69, 9.17) is 4.74 Å². The summed E-state index contributed by atoms with van der Waals surface area (Å²) >= 11 is 3.48. The Morgan fingerprint density at radius 2 is 2.04 bits per heavy atom. The number of nitrogens with one attached hydrogen (secondary N) is 2. The summed E-state index contributed by atoms with van der Waals surface area (Å²) in [6.45, 7) is 2.04. The van der Waals surface area contributed by atoms with Crippen molar-refractivity contribution in [2.75, 3.05) is 7.11 Å². The molecule has 3 aromatic rings. The van der Waals surface area contributed by atoms with Gasteiger partial charge >= 0.3 is 0 Å². The van der Waals surface area contributed by atoms with Gasteiger partial charge in [0.25, 0.3) is 0 Å². The minimum atomic E-state index is -0.132. The lowest BCUT2D eigenvalue weighted by Crippen LogP contribution is -2.29. The van der Waals surface area contributed by atoms with Crippen LogP contribution in [0.3, 0.4) is 0 Å². The van der Waals surface area contributed by atoms with E-state index in [-0.39, 0.29) is 11.9 Å². The summed E-state index contributed by atoms with van der Waals surface area (Å²) in [7, 11) is 1.63. The summed E-state index contributed by atoms with van der Waals surface area (Å²) in [6.07, 6.45) is 3.66. The molecule has 1 heterocycles. The van der Waals surface area contributed by atoms with Crippen LogP contribution in [0.15, 0.2) is 59.2 Å². The molecular weight excluding hydrogens is 418 g/mol. The topological polar surface area (TPSA) is 67.0 Å². The van der Waals surface area contributed by atoms with Crippen LogP contribution in [0.4, 0.5) is 0 Å². The Bertz CT molecular complexity index is 925. The summed E-state index contributed by atoms with van der Waals surface area (Å²) in [5, 5.41) is 3.09. The lowest BCUT2D eigenvalue weighted by Gasteiger charge is -2.15. The van der Waals surface area contributed by atoms with Crippen LogP contribution in [-0.2, 0) is 11.2 Å². The quantitative estimate of drug-likeness (QED) is 0.513. The van der Waals surface area contributed by atoms with E-state index in [1.54, 1.807) is 7.11 Å². The van der Waals surface area contributed by atoms with Gasteiger partial charge in [-0.2, -0.15) is 0 Å². The average Bonchev–Trinajstić information content (AvgIpc) is 3.21. The number of amides is 1. The Hall–Kier alpha value is -2.60. The number of aromatic amines is 1. The zero-order valence-electron chi connectivity index (χ0n) is 16.0. The molecule has 1 amide bonds. The van der Waals surface area contributed by atoms with Crippen LogP contribution in [0.5, 0.6) is 5.75 Å². The molecule has 0 radical (unpaired) electrons. The minimum absolute atomic E-state index is 0.0106. The summed E-state index contributed by atoms with van der Waals surface area (Å²) < 4.78 is 6.13. The number of ether oxygens (including phenoxy) is 1. The number of hydrogen-bond donors (Lipinski definition) is 2. The molecule has 3 rings (SSSR count). The first-order valence-corrected chi connectivity index (χ1v) is 10.1. The van der Waals surface area contributed by atoms with E-state index in [2.05, 4.69) is 31.2 Å². The SMILES string of the molecule is CCC(NC(=O)CCc1ccc(OC)c(Br)c1)c1ncc(-c2ccccc2)[nH]1. The molecule has 2 aromatic carbocycles. The van der Waals surface area contributed by atoms with Gasteiger partial charge in [0.2, 0.25) is 5.91 Å². The molecule has 0 aliphatic carbocycles. The fourth-order valence-corrected chi connectivity index (χ4v) is 3.62. The van der Waals surface area contributed by atoms with Crippen LogP contribution >= 0.6 is 15.9 Å². The van der Waals surface area contributed by atoms with Gasteiger partial charge < -0.3 is 15.0 Å². The average molecular weight is 442 g/mol. The smallest absolute Gasteiger partial charge is 0.220 e. The van der Waals surface area contributed by atoms with E-state index in [9.17, 15) is 4.79 Å². The van der Waals surface area contributed by atoms with Gasteiger partial charge in [-0.1, -0.05) is 43.3 Å². The molecule has 0 saturated carbocycles. The maximum Gasteiger partial charge on any atom is 0.220 e. The molecule has 2 N–H and O–H groups in total. The number of hydrogen-bond acceptors (Lipinski definition) is 3. The van der Waals surface area contributed by atoms with Crippen LogP contribution < -0.4 is 10.1 Å². The highest BCUT2D eigenvalue weighted by molar-refractivity contribution is 9.10. The molecule has 0 saturated heterocycles. The molecule has 0 fully saturated rings. The van der Waals surface area contributed by atoms with Crippen molar-refractivity contribution in [1.29, 1.82) is 0 Å². The number of methoxy groups -OCH3 is 1. The van der Waals surface area contributed by atoms with Crippen molar-refractivity contribution in [2.24, 2.45) is 0 Å². The molecule has 0 aliphatic rings. The number of nitrogens with zero attached hydrogens (tertiary/aromatic N) is 1. The van der Waals surface area contributed by atoms with Crippen molar-refractivity contribution < 1.29 is 9.53 Å². The van der Waals surface area contributed by atoms with Gasteiger partial charge in [-0.15, -0.1) is 0 Å². The first-order chi connectivity index (χ1) is 13.6. The number of aryl methyl sites for hydroxylation is 1. The highest BCUT2D eigenvalue weighted by Crippen LogP contribution is 2.26. The third-order valence-electron chi connectivity index (χ3n) is 4.61. The lowest BCUT2D eigenvalue weighted by atomic mass is 10.1. The molecular formula is C22H24BrN3O2. The molecule has 5 nitrogen and oxygen atoms in total. The zero-order valence-corrected chi connectivity index (χ0v) is 17.6. The maximum atomic E-state index is 12.5. The summed E-state index contributed by atoms with van der Waals surface area (Å²) in [5.74, 6) is 1.57. The number of benzene rings is 2. The molecule has 1 atom stereocenters. The van der Waals surface area contributed by atoms with Gasteiger partial charge in [0.1, 0.15) is 11.6 Å². The Labute approximate surface area is 173 Å². The van der Waals surface area contributed by atoms with E-state index in [1.165, 1.54) is 0 Å². The predicted octanol–water partition coefficient (Wildman–Crippen LogP) is 5.05. The monoisotopic (exact) mass is 441 g/mol. The molecule has 1 unspecified atom stereocenters. The highest BCUT2D eigenvalue weighted by Gasteiger charge is 2.16. The Balaban J connectivity index is 1.59. The first-order valence-electron chi connectivity index (χ1n) is 9.32. The predicted molar refractivity (Wildman–Crippen MR) is 114 cm³/mol. The Morgan fingerprint density at radius 3 is 2.71 bits per heavy atom. The maximum absolute atomic E-state index is 12.5. The first kappa shape index (κ1) is 20.1. The number of carbonyl (C=O) groups is 1. The van der Waals surface area contributed by atoms with E-state index < -0.39 is 0 Å². The third kappa shape index (κ3) is 5.01. The second-order valence-electron chi connectivity index (χ2n) is 6.55. The van der Waals surface area contributed by atoms with E-state index >= 15 is 0 Å². The molecule has 0 spiro atoms. The van der Waals surface area contributed by atoms with E-state index in [1.807, 2.05) is 61.7 Å². The normalized spacial score (nSPS) is 11.8. The van der Waals surface area contributed by atoms with Crippen molar-refractivity contribution in [3.63, 3.8) is 0 Å². The minimum Gasteiger partial charge on any atom is -0.496 e. The Morgan fingerprint density at radius 1 is 1.25 bits per heavy atom. The second-order valence-corrected chi connectivity index (χ2v) is 7.40. The molecule has 146 valence electrons. The largest absolute Gasteiger partial charge is 0.496 e. The van der Waals surface area contributed by atoms with Crippen molar-refractivity contribution in [1.82, 2.24) is 15.3 Å². The molecule has 0 bridgehead atoms. The van der Waals surface area contributed by atoms with Crippen LogP contribution in [0.1, 0.15) is 37.2 Å². The zero-order chi connectivity index (χ0) is 19.9.